The van der Waals surface area contributed by atoms with Gasteiger partial charge in [-0.15, -0.1) is 0 Å². The first-order chi connectivity index (χ1) is 10.9. The van der Waals surface area contributed by atoms with E-state index in [0.717, 1.165) is 11.1 Å². The van der Waals surface area contributed by atoms with Crippen LogP contribution in [0.5, 0.6) is 0 Å². The lowest BCUT2D eigenvalue weighted by atomic mass is 9.97. The molecule has 0 bridgehead atoms. The van der Waals surface area contributed by atoms with Gasteiger partial charge in [-0.3, -0.25) is 0 Å². The normalized spacial score (nSPS) is 15.8. The molecular weight excluding hydrogens is 306 g/mol. The predicted octanol–water partition coefficient (Wildman–Crippen LogP) is 3.90. The Balaban J connectivity index is 2.19. The van der Waals surface area contributed by atoms with Gasteiger partial charge in [0, 0.05) is 6.04 Å². The van der Waals surface area contributed by atoms with Crippen LogP contribution in [-0.2, 0) is 11.0 Å². The van der Waals surface area contributed by atoms with E-state index in [-0.39, 0.29) is 10.8 Å². The summed E-state index contributed by atoms with van der Waals surface area (Å²) in [7, 11) is -1.20. The lowest BCUT2D eigenvalue weighted by Crippen LogP contribution is -2.36. The molecule has 0 saturated carbocycles. The molecule has 124 valence electrons. The number of aliphatic hydroxyl groups excluding tert-OH is 1. The summed E-state index contributed by atoms with van der Waals surface area (Å²) in [5.74, 6) is 0. The second-order valence-electron chi connectivity index (χ2n) is 6.62. The van der Waals surface area contributed by atoms with Crippen LogP contribution < -0.4 is 4.72 Å². The number of rotatable bonds is 6. The Kier molecular flexibility index (Phi) is 6.10. The van der Waals surface area contributed by atoms with Crippen LogP contribution in [0.15, 0.2) is 60.7 Å². The van der Waals surface area contributed by atoms with Gasteiger partial charge in [0.1, 0.15) is 0 Å². The highest BCUT2D eigenvalue weighted by atomic mass is 32.2. The van der Waals surface area contributed by atoms with Gasteiger partial charge in [0.2, 0.25) is 0 Å². The average Bonchev–Trinajstić information content (AvgIpc) is 2.55. The molecule has 0 aromatic heterocycles. The third kappa shape index (κ3) is 5.27. The number of benzene rings is 2. The molecule has 23 heavy (non-hydrogen) atoms. The molecule has 0 fully saturated rings. The first-order valence-electron chi connectivity index (χ1n) is 7.84. The van der Waals surface area contributed by atoms with E-state index in [1.165, 1.54) is 0 Å². The molecular formula is C19H25NO2S. The maximum atomic E-state index is 12.5. The van der Waals surface area contributed by atoms with Gasteiger partial charge in [0.25, 0.3) is 0 Å². The van der Waals surface area contributed by atoms with Gasteiger partial charge < -0.3 is 5.11 Å². The molecule has 0 aliphatic carbocycles. The molecule has 4 heteroatoms. The van der Waals surface area contributed by atoms with Gasteiger partial charge in [-0.2, -0.15) is 0 Å². The van der Waals surface area contributed by atoms with Gasteiger partial charge in [0.15, 0.2) is 0 Å². The van der Waals surface area contributed by atoms with Crippen LogP contribution in [0, 0.1) is 0 Å². The zero-order valence-corrected chi connectivity index (χ0v) is 14.7. The SMILES string of the molecule is CC(C)(C)S(=O)N[C@@H](C[C@H](O)c1ccccc1)c1ccccc1. The van der Waals surface area contributed by atoms with Crippen molar-refractivity contribution in [3.63, 3.8) is 0 Å². The monoisotopic (exact) mass is 331 g/mol. The van der Waals surface area contributed by atoms with Crippen LogP contribution in [-0.4, -0.2) is 14.1 Å². The third-order valence-corrected chi connectivity index (χ3v) is 5.26. The predicted molar refractivity (Wildman–Crippen MR) is 96.2 cm³/mol. The Morgan fingerprint density at radius 3 is 1.91 bits per heavy atom. The van der Waals surface area contributed by atoms with Crippen molar-refractivity contribution in [2.24, 2.45) is 0 Å². The van der Waals surface area contributed by atoms with Crippen LogP contribution in [0.3, 0.4) is 0 Å². The summed E-state index contributed by atoms with van der Waals surface area (Å²) in [6.45, 7) is 5.81. The fraction of sp³-hybridized carbons (Fsp3) is 0.368. The summed E-state index contributed by atoms with van der Waals surface area (Å²) in [5.41, 5.74) is 1.90. The van der Waals surface area contributed by atoms with Gasteiger partial charge >= 0.3 is 0 Å². The molecule has 0 radical (unpaired) electrons. The Morgan fingerprint density at radius 2 is 1.43 bits per heavy atom. The van der Waals surface area contributed by atoms with Crippen LogP contribution >= 0.6 is 0 Å². The summed E-state index contributed by atoms with van der Waals surface area (Å²) in [6.07, 6.45) is -0.138. The van der Waals surface area contributed by atoms with E-state index in [1.807, 2.05) is 81.4 Å². The van der Waals surface area contributed by atoms with Crippen LogP contribution in [0.25, 0.3) is 0 Å². The molecule has 3 atom stereocenters. The summed E-state index contributed by atoms with van der Waals surface area (Å²) in [4.78, 5) is 0. The molecule has 0 amide bonds. The second kappa shape index (κ2) is 7.86. The fourth-order valence-electron chi connectivity index (χ4n) is 2.28. The van der Waals surface area contributed by atoms with E-state index in [0.29, 0.717) is 6.42 Å². The molecule has 0 heterocycles. The number of nitrogens with one attached hydrogen (secondary N) is 1. The number of hydrogen-bond donors (Lipinski definition) is 2. The smallest absolute Gasteiger partial charge is 0.0975 e. The summed E-state index contributed by atoms with van der Waals surface area (Å²) >= 11 is 0. The third-order valence-electron chi connectivity index (χ3n) is 3.65. The van der Waals surface area contributed by atoms with Gasteiger partial charge in [-0.05, 0) is 38.3 Å². The van der Waals surface area contributed by atoms with Crippen molar-refractivity contribution in [3.8, 4) is 0 Å². The molecule has 0 spiro atoms. The zero-order chi connectivity index (χ0) is 16.9. The Labute approximate surface area is 141 Å². The minimum atomic E-state index is -1.20. The van der Waals surface area contributed by atoms with Crippen molar-refractivity contribution in [1.29, 1.82) is 0 Å². The summed E-state index contributed by atoms with van der Waals surface area (Å²) in [5, 5.41) is 10.5. The van der Waals surface area contributed by atoms with Crippen molar-refractivity contribution in [1.82, 2.24) is 4.72 Å². The molecule has 0 saturated heterocycles. The van der Waals surface area contributed by atoms with Gasteiger partial charge in [-0.25, -0.2) is 8.93 Å². The van der Waals surface area contributed by atoms with Gasteiger partial charge in [0.05, 0.1) is 21.8 Å². The minimum Gasteiger partial charge on any atom is -0.388 e. The van der Waals surface area contributed by atoms with E-state index in [2.05, 4.69) is 4.72 Å². The highest BCUT2D eigenvalue weighted by Gasteiger charge is 2.25. The second-order valence-corrected chi connectivity index (χ2v) is 8.62. The maximum absolute atomic E-state index is 12.5. The molecule has 1 unspecified atom stereocenters. The quantitative estimate of drug-likeness (QED) is 0.843. The largest absolute Gasteiger partial charge is 0.388 e. The number of hydrogen-bond acceptors (Lipinski definition) is 2. The van der Waals surface area contributed by atoms with E-state index in [9.17, 15) is 9.32 Å². The lowest BCUT2D eigenvalue weighted by molar-refractivity contribution is 0.155. The Morgan fingerprint density at radius 1 is 0.957 bits per heavy atom. The standard InChI is InChI=1S/C19H25NO2S/c1-19(2,3)23(22)20-17(15-10-6-4-7-11-15)14-18(21)16-12-8-5-9-13-16/h4-13,17-18,20-21H,14H2,1-3H3/t17-,18-,23?/m0/s1. The summed E-state index contributed by atoms with van der Waals surface area (Å²) < 4.78 is 15.3. The number of aliphatic hydroxyl groups is 1. The molecule has 2 aromatic rings. The minimum absolute atomic E-state index is 0.175. The van der Waals surface area contributed by atoms with Crippen molar-refractivity contribution < 1.29 is 9.32 Å². The van der Waals surface area contributed by atoms with E-state index in [1.54, 1.807) is 0 Å². The molecule has 0 aliphatic heterocycles. The van der Waals surface area contributed by atoms with Crippen molar-refractivity contribution in [3.05, 3.63) is 71.8 Å². The zero-order valence-electron chi connectivity index (χ0n) is 13.9. The van der Waals surface area contributed by atoms with Crippen molar-refractivity contribution >= 4 is 11.0 Å². The highest BCUT2D eigenvalue weighted by molar-refractivity contribution is 7.84. The Bertz CT molecular complexity index is 623. The first-order valence-corrected chi connectivity index (χ1v) is 8.99. The molecule has 0 aliphatic rings. The molecule has 3 nitrogen and oxygen atoms in total. The maximum Gasteiger partial charge on any atom is 0.0975 e. The molecule has 2 rings (SSSR count). The molecule has 2 aromatic carbocycles. The average molecular weight is 331 g/mol. The van der Waals surface area contributed by atoms with Crippen molar-refractivity contribution in [2.75, 3.05) is 0 Å². The summed E-state index contributed by atoms with van der Waals surface area (Å²) in [6, 6.07) is 19.3. The van der Waals surface area contributed by atoms with Crippen LogP contribution in [0.4, 0.5) is 0 Å². The lowest BCUT2D eigenvalue weighted by Gasteiger charge is -2.26. The van der Waals surface area contributed by atoms with Crippen LogP contribution in [0.1, 0.15) is 50.5 Å². The van der Waals surface area contributed by atoms with Crippen LogP contribution in [0.2, 0.25) is 0 Å². The fourth-order valence-corrected chi connectivity index (χ4v) is 3.12. The van der Waals surface area contributed by atoms with E-state index < -0.39 is 17.1 Å². The molecule has 2 N–H and O–H groups in total. The first kappa shape index (κ1) is 17.9. The highest BCUT2D eigenvalue weighted by Crippen LogP contribution is 2.27. The topological polar surface area (TPSA) is 49.3 Å². The van der Waals surface area contributed by atoms with E-state index in [4.69, 9.17) is 0 Å². The van der Waals surface area contributed by atoms with Gasteiger partial charge in [-0.1, -0.05) is 60.7 Å². The van der Waals surface area contributed by atoms with E-state index >= 15 is 0 Å². The Hall–Kier alpha value is -1.49. The van der Waals surface area contributed by atoms with Crippen molar-refractivity contribution in [2.45, 2.75) is 44.1 Å².